The number of furan rings is 1. The van der Waals surface area contributed by atoms with Crippen molar-refractivity contribution < 1.29 is 9.15 Å². The van der Waals surface area contributed by atoms with Crippen LogP contribution in [-0.4, -0.2) is 19.9 Å². The molecule has 0 radical (unpaired) electrons. The Bertz CT molecular complexity index is 3190. The van der Waals surface area contributed by atoms with Gasteiger partial charge in [-0.15, -0.1) is 0 Å². The Morgan fingerprint density at radius 3 is 1.97 bits per heavy atom. The van der Waals surface area contributed by atoms with Crippen LogP contribution in [0.25, 0.3) is 102 Å². The van der Waals surface area contributed by atoms with Crippen molar-refractivity contribution in [1.29, 1.82) is 0 Å². The van der Waals surface area contributed by atoms with Gasteiger partial charge in [0.05, 0.1) is 17.1 Å². The van der Waals surface area contributed by atoms with E-state index in [2.05, 4.69) is 96.0 Å². The van der Waals surface area contributed by atoms with Gasteiger partial charge in [-0.25, -0.2) is 9.97 Å². The fraction of sp³-hybridized carbons (Fsp3) is 0. The first-order chi connectivity index (χ1) is 28.7. The van der Waals surface area contributed by atoms with E-state index in [1.165, 1.54) is 0 Å². The third kappa shape index (κ3) is 6.01. The van der Waals surface area contributed by atoms with Gasteiger partial charge in [0.1, 0.15) is 22.7 Å². The number of pyridine rings is 2. The second kappa shape index (κ2) is 14.0. The molecule has 0 fully saturated rings. The Labute approximate surface area is 334 Å². The maximum absolute atomic E-state index is 7.05. The molecule has 0 N–H and O–H groups in total. The molecule has 0 saturated carbocycles. The number of ether oxygens (including phenoxy) is 1. The van der Waals surface area contributed by atoms with E-state index in [4.69, 9.17) is 24.1 Å². The van der Waals surface area contributed by atoms with Crippen LogP contribution in [-0.2, 0) is 0 Å². The predicted octanol–water partition coefficient (Wildman–Crippen LogP) is 13.4. The number of fused-ring (bicyclic) bond motifs is 9. The highest BCUT2D eigenvalue weighted by molar-refractivity contribution is 6.07. The van der Waals surface area contributed by atoms with Crippen LogP contribution >= 0.6 is 0 Å². The molecule has 0 unspecified atom stereocenters. The molecule has 272 valence electrons. The van der Waals surface area contributed by atoms with Crippen LogP contribution in [0.4, 0.5) is 0 Å². The van der Waals surface area contributed by atoms with E-state index in [0.29, 0.717) is 5.82 Å². The minimum absolute atomic E-state index is 0.627. The molecule has 4 aromatic heterocycles. The molecule has 0 spiro atoms. The molecule has 6 aromatic carbocycles. The molecule has 11 rings (SSSR count). The van der Waals surface area contributed by atoms with Crippen LogP contribution in [0.5, 0.6) is 11.5 Å². The summed E-state index contributed by atoms with van der Waals surface area (Å²) < 4.78 is 13.5. The largest absolute Gasteiger partial charge is 0.456 e. The molecule has 0 bridgehead atoms. The molecule has 5 heterocycles. The van der Waals surface area contributed by atoms with E-state index in [1.54, 1.807) is 6.20 Å². The minimum Gasteiger partial charge on any atom is -0.456 e. The lowest BCUT2D eigenvalue weighted by molar-refractivity contribution is 0.487. The number of benzene rings is 6. The van der Waals surface area contributed by atoms with Crippen molar-refractivity contribution in [3.8, 4) is 78.9 Å². The normalized spacial score (nSPS) is 12.4. The third-order valence-corrected chi connectivity index (χ3v) is 10.7. The topological polar surface area (TPSA) is 73.9 Å². The fourth-order valence-corrected chi connectivity index (χ4v) is 7.79. The Kier molecular flexibility index (Phi) is 8.04. The molecule has 10 aromatic rings. The lowest BCUT2D eigenvalue weighted by atomic mass is 9.93. The highest BCUT2D eigenvalue weighted by atomic mass is 16.5. The lowest BCUT2D eigenvalue weighted by Crippen LogP contribution is -1.97. The molecule has 6 nitrogen and oxygen atoms in total. The standard InChI is InChI=1S/C52H32N4O2/c1-2-12-35(13-3-1)52-55-46(30-47(56-52)38-24-25-45(54-32-38)37-14-10-26-53-31-37)36-23-22-34-21-20-33-11-4-5-15-39(33)40-16-6-8-18-48(40)57-51-28-43-41-17-7-9-19-49(41)58-50(43)29-44(51)42(34)27-36/h1-32H/b21-20-. The summed E-state index contributed by atoms with van der Waals surface area (Å²) >= 11 is 0. The van der Waals surface area contributed by atoms with E-state index in [-0.39, 0.29) is 0 Å². The molecule has 58 heavy (non-hydrogen) atoms. The fourth-order valence-electron chi connectivity index (χ4n) is 7.79. The van der Waals surface area contributed by atoms with E-state index in [9.17, 15) is 0 Å². The van der Waals surface area contributed by atoms with Gasteiger partial charge in [-0.05, 0) is 82.9 Å². The number of rotatable bonds is 4. The number of hydrogen-bond donors (Lipinski definition) is 0. The molecule has 0 aliphatic carbocycles. The summed E-state index contributed by atoms with van der Waals surface area (Å²) in [6, 6.07) is 55.7. The molecule has 1 aliphatic rings. The van der Waals surface area contributed by atoms with Gasteiger partial charge in [-0.1, -0.05) is 115 Å². The van der Waals surface area contributed by atoms with Crippen LogP contribution < -0.4 is 4.74 Å². The molecule has 0 atom stereocenters. The SMILES string of the molecule is C1=C\c2ccc(-c3cc(-c4ccc(-c5cccnc5)nc4)nc(-c4ccccc4)n3)cc2-c2cc3oc4ccccc4c3cc2Oc2ccccc2-c2ccccc2/1. The van der Waals surface area contributed by atoms with E-state index >= 15 is 0 Å². The van der Waals surface area contributed by atoms with Crippen molar-refractivity contribution in [2.24, 2.45) is 0 Å². The quantitative estimate of drug-likeness (QED) is 0.179. The summed E-state index contributed by atoms with van der Waals surface area (Å²) in [6.45, 7) is 0. The van der Waals surface area contributed by atoms with Gasteiger partial charge in [0.15, 0.2) is 5.82 Å². The Hall–Kier alpha value is -7.96. The Morgan fingerprint density at radius 2 is 1.12 bits per heavy atom. The van der Waals surface area contributed by atoms with Crippen molar-refractivity contribution in [1.82, 2.24) is 19.9 Å². The highest BCUT2D eigenvalue weighted by Crippen LogP contribution is 2.46. The number of nitrogens with zero attached hydrogens (tertiary/aromatic N) is 4. The molecule has 6 heteroatoms. The first kappa shape index (κ1) is 33.4. The zero-order chi connectivity index (χ0) is 38.4. The maximum Gasteiger partial charge on any atom is 0.160 e. The van der Waals surface area contributed by atoms with Crippen molar-refractivity contribution in [3.05, 3.63) is 194 Å². The van der Waals surface area contributed by atoms with Crippen LogP contribution in [0.15, 0.2) is 187 Å². The second-order valence-electron chi connectivity index (χ2n) is 14.3. The van der Waals surface area contributed by atoms with Crippen molar-refractivity contribution in [2.75, 3.05) is 0 Å². The summed E-state index contributed by atoms with van der Waals surface area (Å²) in [6.07, 6.45) is 9.83. The summed E-state index contributed by atoms with van der Waals surface area (Å²) in [5.41, 5.74) is 13.8. The first-order valence-electron chi connectivity index (χ1n) is 19.2. The smallest absolute Gasteiger partial charge is 0.160 e. The average Bonchev–Trinajstić information content (AvgIpc) is 3.65. The number of hydrogen-bond acceptors (Lipinski definition) is 6. The summed E-state index contributed by atoms with van der Waals surface area (Å²) in [5.74, 6) is 2.13. The van der Waals surface area contributed by atoms with Gasteiger partial charge in [0.25, 0.3) is 0 Å². The number of para-hydroxylation sites is 2. The summed E-state index contributed by atoms with van der Waals surface area (Å²) in [7, 11) is 0. The van der Waals surface area contributed by atoms with Gasteiger partial charge in [-0.2, -0.15) is 0 Å². The van der Waals surface area contributed by atoms with Crippen LogP contribution in [0.3, 0.4) is 0 Å². The second-order valence-corrected chi connectivity index (χ2v) is 14.3. The van der Waals surface area contributed by atoms with Gasteiger partial charge in [0, 0.05) is 62.7 Å². The molecule has 1 aliphatic heterocycles. The third-order valence-electron chi connectivity index (χ3n) is 10.7. The number of aromatic nitrogens is 4. The van der Waals surface area contributed by atoms with Crippen molar-refractivity contribution in [2.45, 2.75) is 0 Å². The Balaban J connectivity index is 1.13. The van der Waals surface area contributed by atoms with E-state index < -0.39 is 0 Å². The van der Waals surface area contributed by atoms with E-state index in [1.807, 2.05) is 97.3 Å². The van der Waals surface area contributed by atoms with Gasteiger partial charge >= 0.3 is 0 Å². The molecular formula is C52H32N4O2. The predicted molar refractivity (Wildman–Crippen MR) is 233 cm³/mol. The van der Waals surface area contributed by atoms with E-state index in [0.717, 1.165) is 106 Å². The lowest BCUT2D eigenvalue weighted by Gasteiger charge is -2.17. The Morgan fingerprint density at radius 1 is 0.397 bits per heavy atom. The average molecular weight is 745 g/mol. The van der Waals surface area contributed by atoms with Crippen LogP contribution in [0, 0.1) is 0 Å². The van der Waals surface area contributed by atoms with Gasteiger partial charge in [-0.3, -0.25) is 9.97 Å². The summed E-state index contributed by atoms with van der Waals surface area (Å²) in [4.78, 5) is 19.3. The zero-order valence-corrected chi connectivity index (χ0v) is 31.1. The summed E-state index contributed by atoms with van der Waals surface area (Å²) in [5, 5.41) is 2.03. The first-order valence-corrected chi connectivity index (χ1v) is 19.2. The molecule has 0 saturated heterocycles. The zero-order valence-electron chi connectivity index (χ0n) is 31.1. The monoisotopic (exact) mass is 744 g/mol. The molecular weight excluding hydrogens is 713 g/mol. The van der Waals surface area contributed by atoms with Gasteiger partial charge < -0.3 is 9.15 Å². The highest BCUT2D eigenvalue weighted by Gasteiger charge is 2.21. The minimum atomic E-state index is 0.627. The van der Waals surface area contributed by atoms with Gasteiger partial charge in [0.2, 0.25) is 0 Å². The van der Waals surface area contributed by atoms with Crippen LogP contribution in [0.2, 0.25) is 0 Å². The van der Waals surface area contributed by atoms with Crippen molar-refractivity contribution in [3.63, 3.8) is 0 Å². The van der Waals surface area contributed by atoms with Crippen molar-refractivity contribution >= 4 is 34.1 Å². The van der Waals surface area contributed by atoms with Crippen LogP contribution in [0.1, 0.15) is 11.1 Å². The maximum atomic E-state index is 7.05. The molecule has 0 amide bonds.